The van der Waals surface area contributed by atoms with Gasteiger partial charge in [-0.05, 0) is 86.1 Å². The second-order valence-electron chi connectivity index (χ2n) is 10.8. The lowest BCUT2D eigenvalue weighted by molar-refractivity contribution is -0.385. The van der Waals surface area contributed by atoms with Crippen molar-refractivity contribution in [3.05, 3.63) is 104 Å². The molecule has 0 radical (unpaired) electrons. The lowest BCUT2D eigenvalue weighted by atomic mass is 9.67. The van der Waals surface area contributed by atoms with Crippen LogP contribution in [0, 0.1) is 28.3 Å². The van der Waals surface area contributed by atoms with Crippen LogP contribution in [0.1, 0.15) is 63.1 Å². The normalized spacial score (nSPS) is 16.5. The Morgan fingerprint density at radius 1 is 1.05 bits per heavy atom. The maximum atomic E-state index is 13.1. The lowest BCUT2D eigenvalue weighted by Crippen LogP contribution is -2.60. The van der Waals surface area contributed by atoms with Gasteiger partial charge in [0.05, 0.1) is 4.92 Å². The molecule has 39 heavy (non-hydrogen) atoms. The highest BCUT2D eigenvalue weighted by molar-refractivity contribution is 5.97. The molecular weight excluding hydrogens is 501 g/mol. The fourth-order valence-corrected chi connectivity index (χ4v) is 5.72. The molecule has 9 heteroatoms. The zero-order valence-corrected chi connectivity index (χ0v) is 21.7. The summed E-state index contributed by atoms with van der Waals surface area (Å²) in [6, 6.07) is 16.3. The first-order valence-corrected chi connectivity index (χ1v) is 13.0. The Labute approximate surface area is 225 Å². The number of phenols is 1. The minimum atomic E-state index is -0.706. The van der Waals surface area contributed by atoms with Crippen molar-refractivity contribution in [1.29, 1.82) is 0 Å². The fraction of sp³-hybridized carbons (Fsp3) is 0.333. The average molecular weight is 532 g/mol. The number of aryl methyl sites for hydroxylation is 1. The van der Waals surface area contributed by atoms with Gasteiger partial charge in [0, 0.05) is 41.7 Å². The summed E-state index contributed by atoms with van der Waals surface area (Å²) >= 11 is 0. The van der Waals surface area contributed by atoms with Crippen LogP contribution < -0.4 is 5.32 Å². The molecule has 1 aliphatic carbocycles. The van der Waals surface area contributed by atoms with Gasteiger partial charge in [0.2, 0.25) is 0 Å². The molecule has 8 nitrogen and oxygen atoms in total. The molecule has 0 bridgehead atoms. The molecule has 3 aromatic carbocycles. The predicted octanol–water partition coefficient (Wildman–Crippen LogP) is 5.15. The van der Waals surface area contributed by atoms with Gasteiger partial charge in [-0.1, -0.05) is 24.3 Å². The number of phenolic OH excluding ortho intramolecular Hbond substituents is 1. The van der Waals surface area contributed by atoms with E-state index in [0.717, 1.165) is 42.9 Å². The van der Waals surface area contributed by atoms with Crippen molar-refractivity contribution >= 4 is 17.5 Å². The number of nitrogens with zero attached hydrogens (tertiary/aromatic N) is 2. The van der Waals surface area contributed by atoms with Crippen LogP contribution in [0.3, 0.4) is 0 Å². The number of nitro benzene ring substituents is 1. The van der Waals surface area contributed by atoms with E-state index in [1.54, 1.807) is 19.1 Å². The third-order valence-corrected chi connectivity index (χ3v) is 8.01. The number of carbonyl (C=O) groups is 2. The largest absolute Gasteiger partial charge is 0.502 e. The van der Waals surface area contributed by atoms with Gasteiger partial charge in [0.15, 0.2) is 5.75 Å². The van der Waals surface area contributed by atoms with Crippen molar-refractivity contribution in [2.45, 2.75) is 45.1 Å². The molecule has 0 aromatic heterocycles. The Hall–Kier alpha value is -4.27. The summed E-state index contributed by atoms with van der Waals surface area (Å²) in [5, 5.41) is 23.9. The first kappa shape index (κ1) is 26.3. The molecule has 1 spiro atoms. The molecule has 2 amide bonds. The van der Waals surface area contributed by atoms with Gasteiger partial charge in [-0.25, -0.2) is 4.39 Å². The molecule has 1 saturated heterocycles. The number of hydrogen-bond acceptors (Lipinski definition) is 5. The highest BCUT2D eigenvalue weighted by atomic mass is 19.1. The van der Waals surface area contributed by atoms with E-state index in [0.29, 0.717) is 30.6 Å². The molecular formula is C30H30FN3O5. The van der Waals surface area contributed by atoms with E-state index in [1.807, 2.05) is 29.2 Å². The molecule has 3 aromatic rings. The first-order valence-electron chi connectivity index (χ1n) is 13.0. The van der Waals surface area contributed by atoms with Crippen molar-refractivity contribution in [2.24, 2.45) is 5.41 Å². The van der Waals surface area contributed by atoms with Crippen LogP contribution in [-0.2, 0) is 6.42 Å². The molecule has 1 aliphatic heterocycles. The van der Waals surface area contributed by atoms with E-state index in [1.165, 1.54) is 18.2 Å². The Morgan fingerprint density at radius 2 is 1.64 bits per heavy atom. The van der Waals surface area contributed by atoms with Gasteiger partial charge < -0.3 is 15.3 Å². The third kappa shape index (κ3) is 5.62. The van der Waals surface area contributed by atoms with E-state index in [2.05, 4.69) is 5.32 Å². The van der Waals surface area contributed by atoms with Gasteiger partial charge in [0.25, 0.3) is 11.8 Å². The van der Waals surface area contributed by atoms with Crippen LogP contribution >= 0.6 is 0 Å². The molecule has 1 heterocycles. The van der Waals surface area contributed by atoms with Gasteiger partial charge >= 0.3 is 5.69 Å². The van der Waals surface area contributed by atoms with Crippen molar-refractivity contribution in [2.75, 3.05) is 13.1 Å². The molecule has 202 valence electrons. The molecule has 2 fully saturated rings. The average Bonchev–Trinajstić information content (AvgIpc) is 2.89. The van der Waals surface area contributed by atoms with E-state index >= 15 is 0 Å². The summed E-state index contributed by atoms with van der Waals surface area (Å²) in [7, 11) is 0. The highest BCUT2D eigenvalue weighted by Crippen LogP contribution is 2.44. The van der Waals surface area contributed by atoms with Crippen LogP contribution in [-0.4, -0.2) is 45.9 Å². The Kier molecular flexibility index (Phi) is 7.08. The highest BCUT2D eigenvalue weighted by Gasteiger charge is 2.47. The maximum Gasteiger partial charge on any atom is 0.311 e. The van der Waals surface area contributed by atoms with Crippen molar-refractivity contribution < 1.29 is 24.0 Å². The Morgan fingerprint density at radius 3 is 2.23 bits per heavy atom. The van der Waals surface area contributed by atoms with Crippen LogP contribution in [0.15, 0.2) is 60.7 Å². The fourth-order valence-electron chi connectivity index (χ4n) is 5.72. The number of hydrogen-bond donors (Lipinski definition) is 2. The smallest absolute Gasteiger partial charge is 0.311 e. The van der Waals surface area contributed by atoms with Gasteiger partial charge in [0.1, 0.15) is 5.82 Å². The van der Waals surface area contributed by atoms with E-state index < -0.39 is 16.4 Å². The molecule has 0 unspecified atom stereocenters. The van der Waals surface area contributed by atoms with Crippen molar-refractivity contribution in [3.63, 3.8) is 0 Å². The standard InChI is InChI=1S/C30H30FN3O5/c1-19-14-27(35)26(34(38)39)16-25(19)28(36)32-24-10-12-30(13-11-24)17-33(18-30)29(37)22-6-2-20(3-7-22)15-21-4-8-23(31)9-5-21/h2-9,14,16,24,35H,10-13,15,17-18H2,1H3,(H,32,36). The Bertz CT molecular complexity index is 1410. The van der Waals surface area contributed by atoms with Crippen molar-refractivity contribution in [1.82, 2.24) is 10.2 Å². The zero-order valence-electron chi connectivity index (χ0n) is 21.7. The summed E-state index contributed by atoms with van der Waals surface area (Å²) < 4.78 is 13.1. The minimum absolute atomic E-state index is 0.00813. The number of aromatic hydroxyl groups is 1. The van der Waals surface area contributed by atoms with Gasteiger partial charge in [-0.15, -0.1) is 0 Å². The van der Waals surface area contributed by atoms with Crippen molar-refractivity contribution in [3.8, 4) is 5.75 Å². The summed E-state index contributed by atoms with van der Waals surface area (Å²) in [4.78, 5) is 38.1. The second kappa shape index (κ2) is 10.5. The quantitative estimate of drug-likeness (QED) is 0.337. The topological polar surface area (TPSA) is 113 Å². The third-order valence-electron chi connectivity index (χ3n) is 8.01. The molecule has 2 aliphatic rings. The second-order valence-corrected chi connectivity index (χ2v) is 10.8. The first-order chi connectivity index (χ1) is 18.6. The number of nitrogens with one attached hydrogen (secondary N) is 1. The van der Waals surface area contributed by atoms with E-state index in [9.17, 15) is 29.2 Å². The number of nitro groups is 1. The maximum absolute atomic E-state index is 13.1. The van der Waals surface area contributed by atoms with Gasteiger partial charge in [-0.3, -0.25) is 19.7 Å². The van der Waals surface area contributed by atoms with Crippen LogP contribution in [0.5, 0.6) is 5.75 Å². The number of likely N-dealkylation sites (tertiary alicyclic amines) is 1. The molecule has 2 N–H and O–H groups in total. The summed E-state index contributed by atoms with van der Waals surface area (Å²) in [5.74, 6) is -1.10. The number of amides is 2. The van der Waals surface area contributed by atoms with E-state index in [4.69, 9.17) is 0 Å². The number of rotatable bonds is 6. The SMILES string of the molecule is Cc1cc(O)c([N+](=O)[O-])cc1C(=O)NC1CCC2(CC1)CN(C(=O)c1ccc(Cc3ccc(F)cc3)cc1)C2. The summed E-state index contributed by atoms with van der Waals surface area (Å²) in [6.07, 6.45) is 3.97. The van der Waals surface area contributed by atoms with Crippen LogP contribution in [0.25, 0.3) is 0 Å². The summed E-state index contributed by atoms with van der Waals surface area (Å²) in [5.41, 5.74) is 2.93. The molecule has 1 saturated carbocycles. The lowest BCUT2D eigenvalue weighted by Gasteiger charge is -2.53. The number of halogens is 1. The Balaban J connectivity index is 1.11. The van der Waals surface area contributed by atoms with E-state index in [-0.39, 0.29) is 34.7 Å². The van der Waals surface area contributed by atoms with Crippen LogP contribution in [0.4, 0.5) is 10.1 Å². The number of benzene rings is 3. The predicted molar refractivity (Wildman–Crippen MR) is 143 cm³/mol. The minimum Gasteiger partial charge on any atom is -0.502 e. The number of carbonyl (C=O) groups excluding carboxylic acids is 2. The zero-order chi connectivity index (χ0) is 27.7. The summed E-state index contributed by atoms with van der Waals surface area (Å²) in [6.45, 7) is 3.01. The molecule has 0 atom stereocenters. The molecule has 5 rings (SSSR count). The monoisotopic (exact) mass is 531 g/mol. The van der Waals surface area contributed by atoms with Gasteiger partial charge in [-0.2, -0.15) is 0 Å². The van der Waals surface area contributed by atoms with Crippen LogP contribution in [0.2, 0.25) is 0 Å².